The van der Waals surface area contributed by atoms with Gasteiger partial charge in [-0.05, 0) is 29.8 Å². The largest absolute Gasteiger partial charge is 0.461 e. The number of benzene rings is 1. The van der Waals surface area contributed by atoms with Crippen LogP contribution in [0.15, 0.2) is 45.5 Å². The Bertz CT molecular complexity index is 900. The summed E-state index contributed by atoms with van der Waals surface area (Å²) in [6.07, 6.45) is 1.60. The van der Waals surface area contributed by atoms with Gasteiger partial charge >= 0.3 is 0 Å². The summed E-state index contributed by atoms with van der Waals surface area (Å²) in [7, 11) is 0. The van der Waals surface area contributed by atoms with Crippen molar-refractivity contribution < 1.29 is 18.4 Å². The van der Waals surface area contributed by atoms with Crippen molar-refractivity contribution in [3.05, 3.63) is 48.0 Å². The lowest BCUT2D eigenvalue weighted by molar-refractivity contribution is 0.112. The number of hydrogen-bond donors (Lipinski definition) is 0. The van der Waals surface area contributed by atoms with Crippen LogP contribution in [0.2, 0.25) is 0 Å². The summed E-state index contributed by atoms with van der Waals surface area (Å²) >= 11 is 0. The lowest BCUT2D eigenvalue weighted by atomic mass is 10.1. The third kappa shape index (κ3) is 3.54. The van der Waals surface area contributed by atoms with Gasteiger partial charge in [0.15, 0.2) is 17.3 Å². The van der Waals surface area contributed by atoms with Crippen LogP contribution in [0.4, 0.5) is 0 Å². The van der Waals surface area contributed by atoms with Crippen molar-refractivity contribution in [1.29, 1.82) is 0 Å². The first kappa shape index (κ1) is 16.3. The van der Waals surface area contributed by atoms with Crippen molar-refractivity contribution >= 4 is 0 Å². The molecule has 0 amide bonds. The molecule has 0 spiro atoms. The van der Waals surface area contributed by atoms with Crippen LogP contribution in [0.25, 0.3) is 11.6 Å². The number of piperazine rings is 1. The topological polar surface area (TPSA) is 77.0 Å². The number of furan rings is 1. The molecule has 0 atom stereocenters. The molecule has 8 nitrogen and oxygen atoms in total. The van der Waals surface area contributed by atoms with Gasteiger partial charge in [0.2, 0.25) is 18.5 Å². The molecule has 1 aromatic carbocycles. The Hall–Kier alpha value is -2.84. The van der Waals surface area contributed by atoms with E-state index in [2.05, 4.69) is 32.1 Å². The van der Waals surface area contributed by atoms with Crippen molar-refractivity contribution in [2.45, 2.75) is 13.1 Å². The molecule has 0 unspecified atom stereocenters. The predicted molar refractivity (Wildman–Crippen MR) is 95.1 cm³/mol. The van der Waals surface area contributed by atoms with Gasteiger partial charge in [0, 0.05) is 32.7 Å². The van der Waals surface area contributed by atoms with Crippen LogP contribution in [0, 0.1) is 0 Å². The minimum absolute atomic E-state index is 0.314. The Morgan fingerprint density at radius 2 is 1.74 bits per heavy atom. The predicted octanol–water partition coefficient (Wildman–Crippen LogP) is 2.38. The van der Waals surface area contributed by atoms with Gasteiger partial charge in [-0.2, -0.15) is 4.98 Å². The first-order valence-corrected chi connectivity index (χ1v) is 9.03. The number of ether oxygens (including phenoxy) is 2. The number of hydrogen-bond acceptors (Lipinski definition) is 8. The average molecular weight is 368 g/mol. The van der Waals surface area contributed by atoms with Crippen molar-refractivity contribution in [3.8, 4) is 23.1 Å². The van der Waals surface area contributed by atoms with E-state index in [1.807, 2.05) is 18.2 Å². The van der Waals surface area contributed by atoms with E-state index in [0.29, 0.717) is 30.8 Å². The monoisotopic (exact) mass is 368 g/mol. The van der Waals surface area contributed by atoms with Crippen molar-refractivity contribution in [2.75, 3.05) is 33.0 Å². The minimum atomic E-state index is 0.314. The first-order chi connectivity index (χ1) is 13.3. The fourth-order valence-electron chi connectivity index (χ4n) is 3.42. The number of rotatable bonds is 5. The van der Waals surface area contributed by atoms with Gasteiger partial charge in [0.05, 0.1) is 12.8 Å². The summed E-state index contributed by atoms with van der Waals surface area (Å²) in [5.41, 5.74) is 1.24. The van der Waals surface area contributed by atoms with E-state index < -0.39 is 0 Å². The molecule has 8 heteroatoms. The molecule has 0 N–H and O–H groups in total. The molecule has 0 aliphatic carbocycles. The highest BCUT2D eigenvalue weighted by atomic mass is 16.7. The molecule has 140 valence electrons. The molecule has 0 bridgehead atoms. The number of aromatic nitrogens is 2. The lowest BCUT2D eigenvalue weighted by Crippen LogP contribution is -2.45. The van der Waals surface area contributed by atoms with Crippen LogP contribution in [0.5, 0.6) is 11.5 Å². The summed E-state index contributed by atoms with van der Waals surface area (Å²) < 4.78 is 21.5. The second kappa shape index (κ2) is 7.05. The van der Waals surface area contributed by atoms with Crippen LogP contribution < -0.4 is 9.47 Å². The number of nitrogens with zero attached hydrogens (tertiary/aromatic N) is 4. The van der Waals surface area contributed by atoms with Gasteiger partial charge in [-0.3, -0.25) is 9.80 Å². The Balaban J connectivity index is 1.14. The third-order valence-corrected chi connectivity index (χ3v) is 4.88. The molecular weight excluding hydrogens is 348 g/mol. The average Bonchev–Trinajstić information content (AvgIpc) is 3.44. The summed E-state index contributed by atoms with van der Waals surface area (Å²) in [4.78, 5) is 9.18. The molecule has 1 saturated heterocycles. The minimum Gasteiger partial charge on any atom is -0.461 e. The van der Waals surface area contributed by atoms with Gasteiger partial charge in [-0.15, -0.1) is 0 Å². The van der Waals surface area contributed by atoms with Crippen LogP contribution in [-0.2, 0) is 13.1 Å². The fourth-order valence-corrected chi connectivity index (χ4v) is 3.42. The molecule has 1 fully saturated rings. The smallest absolute Gasteiger partial charge is 0.241 e. The van der Waals surface area contributed by atoms with E-state index in [9.17, 15) is 0 Å². The zero-order valence-corrected chi connectivity index (χ0v) is 14.8. The summed E-state index contributed by atoms with van der Waals surface area (Å²) in [5, 5.41) is 3.98. The second-order valence-corrected chi connectivity index (χ2v) is 6.73. The molecular formula is C19H20N4O4. The van der Waals surface area contributed by atoms with E-state index >= 15 is 0 Å². The van der Waals surface area contributed by atoms with Gasteiger partial charge in [0.1, 0.15) is 0 Å². The van der Waals surface area contributed by atoms with Gasteiger partial charge in [-0.1, -0.05) is 11.2 Å². The van der Waals surface area contributed by atoms with Crippen molar-refractivity contribution in [2.24, 2.45) is 0 Å². The van der Waals surface area contributed by atoms with E-state index in [1.54, 1.807) is 6.26 Å². The lowest BCUT2D eigenvalue weighted by Gasteiger charge is -2.33. The summed E-state index contributed by atoms with van der Waals surface area (Å²) in [6.45, 7) is 5.79. The first-order valence-electron chi connectivity index (χ1n) is 9.03. The Kier molecular flexibility index (Phi) is 4.27. The van der Waals surface area contributed by atoms with Crippen LogP contribution in [0.1, 0.15) is 11.5 Å². The Morgan fingerprint density at radius 3 is 2.56 bits per heavy atom. The van der Waals surface area contributed by atoms with Crippen molar-refractivity contribution in [3.63, 3.8) is 0 Å². The third-order valence-electron chi connectivity index (χ3n) is 4.88. The molecule has 0 saturated carbocycles. The second-order valence-electron chi connectivity index (χ2n) is 6.73. The van der Waals surface area contributed by atoms with E-state index in [1.165, 1.54) is 5.56 Å². The SMILES string of the molecule is c1coc(-c2noc(CN3CCN(Cc4ccc5c(c4)OCO5)CC3)n2)c1. The standard InChI is InChI=1S/C19H20N4O4/c1-2-16(24-9-1)19-20-18(27-21-19)12-23-7-5-22(6-8-23)11-14-3-4-15-17(10-14)26-13-25-15/h1-4,9-10H,5-8,11-13H2. The normalized spacial score (nSPS) is 17.5. The number of fused-ring (bicyclic) bond motifs is 1. The molecule has 2 aromatic heterocycles. The zero-order valence-electron chi connectivity index (χ0n) is 14.8. The Morgan fingerprint density at radius 1 is 0.926 bits per heavy atom. The van der Waals surface area contributed by atoms with Crippen molar-refractivity contribution in [1.82, 2.24) is 19.9 Å². The van der Waals surface area contributed by atoms with E-state index in [0.717, 1.165) is 44.2 Å². The maximum absolute atomic E-state index is 5.46. The van der Waals surface area contributed by atoms with Gasteiger partial charge in [0.25, 0.3) is 0 Å². The molecule has 0 radical (unpaired) electrons. The molecule has 4 heterocycles. The Labute approximate surface area is 156 Å². The summed E-state index contributed by atoms with van der Waals surface area (Å²) in [6, 6.07) is 9.80. The van der Waals surface area contributed by atoms with Crippen LogP contribution in [-0.4, -0.2) is 52.9 Å². The molecule has 2 aliphatic heterocycles. The highest BCUT2D eigenvalue weighted by Crippen LogP contribution is 2.32. The van der Waals surface area contributed by atoms with Crippen LogP contribution in [0.3, 0.4) is 0 Å². The highest BCUT2D eigenvalue weighted by Gasteiger charge is 2.21. The zero-order chi connectivity index (χ0) is 18.1. The maximum atomic E-state index is 5.46. The maximum Gasteiger partial charge on any atom is 0.241 e. The van der Waals surface area contributed by atoms with Crippen LogP contribution >= 0.6 is 0 Å². The molecule has 27 heavy (non-hydrogen) atoms. The molecule has 5 rings (SSSR count). The van der Waals surface area contributed by atoms with Gasteiger partial charge < -0.3 is 18.4 Å². The fraction of sp³-hybridized carbons (Fsp3) is 0.368. The quantitative estimate of drug-likeness (QED) is 0.679. The van der Waals surface area contributed by atoms with Gasteiger partial charge in [-0.25, -0.2) is 0 Å². The molecule has 2 aliphatic rings. The molecule has 3 aromatic rings. The van der Waals surface area contributed by atoms with E-state index in [-0.39, 0.29) is 0 Å². The van der Waals surface area contributed by atoms with E-state index in [4.69, 9.17) is 18.4 Å². The summed E-state index contributed by atoms with van der Waals surface area (Å²) in [5.74, 6) is 3.41. The highest BCUT2D eigenvalue weighted by molar-refractivity contribution is 5.45.